The second-order valence-electron chi connectivity index (χ2n) is 2.75. The van der Waals surface area contributed by atoms with E-state index >= 15 is 0 Å². The van der Waals surface area contributed by atoms with Gasteiger partial charge in [0.05, 0.1) is 7.11 Å². The zero-order chi connectivity index (χ0) is 10.9. The van der Waals surface area contributed by atoms with Crippen molar-refractivity contribution in [3.8, 4) is 5.88 Å². The van der Waals surface area contributed by atoms with Gasteiger partial charge in [-0.15, -0.1) is 0 Å². The monoisotopic (exact) mass is 204 g/mol. The summed E-state index contributed by atoms with van der Waals surface area (Å²) in [6.07, 6.45) is 6.21. The van der Waals surface area contributed by atoms with E-state index in [0.29, 0.717) is 18.8 Å². The summed E-state index contributed by atoms with van der Waals surface area (Å²) in [4.78, 5) is 6.72. The third-order valence-electron chi connectivity index (χ3n) is 1.75. The molecular weight excluding hydrogens is 192 g/mol. The number of hydrogen-bond donors (Lipinski definition) is 0. The standard InChI is InChI=1S/C10H12N4O/c1-15-10-9(6-4-7-12-10)5-2-3-8-13-14-11/h2,4-7H,3,8H2,1H3. The number of rotatable bonds is 5. The van der Waals surface area contributed by atoms with Crippen LogP contribution < -0.4 is 4.74 Å². The number of aromatic nitrogens is 1. The van der Waals surface area contributed by atoms with Gasteiger partial charge in [-0.25, -0.2) is 4.98 Å². The van der Waals surface area contributed by atoms with Crippen molar-refractivity contribution in [1.29, 1.82) is 0 Å². The second-order valence-corrected chi connectivity index (χ2v) is 2.75. The average Bonchev–Trinajstić information content (AvgIpc) is 2.29. The van der Waals surface area contributed by atoms with Crippen molar-refractivity contribution in [3.63, 3.8) is 0 Å². The Hall–Kier alpha value is -2.00. The summed E-state index contributed by atoms with van der Waals surface area (Å²) in [5.74, 6) is 0.595. The van der Waals surface area contributed by atoms with Crippen molar-refractivity contribution in [3.05, 3.63) is 40.4 Å². The molecule has 15 heavy (non-hydrogen) atoms. The second kappa shape index (κ2) is 6.45. The minimum absolute atomic E-state index is 0.468. The van der Waals surface area contributed by atoms with Crippen molar-refractivity contribution in [2.45, 2.75) is 6.42 Å². The highest BCUT2D eigenvalue weighted by Crippen LogP contribution is 2.15. The highest BCUT2D eigenvalue weighted by molar-refractivity contribution is 5.54. The number of hydrogen-bond acceptors (Lipinski definition) is 3. The van der Waals surface area contributed by atoms with E-state index in [0.717, 1.165) is 5.56 Å². The normalized spacial score (nSPS) is 9.93. The van der Waals surface area contributed by atoms with Crippen LogP contribution >= 0.6 is 0 Å². The first-order chi connectivity index (χ1) is 7.38. The molecule has 1 rings (SSSR count). The maximum atomic E-state index is 8.07. The highest BCUT2D eigenvalue weighted by atomic mass is 16.5. The fourth-order valence-electron chi connectivity index (χ4n) is 1.09. The zero-order valence-electron chi connectivity index (χ0n) is 8.50. The van der Waals surface area contributed by atoms with Gasteiger partial charge < -0.3 is 4.74 Å². The molecule has 0 radical (unpaired) electrons. The molecule has 0 aromatic carbocycles. The highest BCUT2D eigenvalue weighted by Gasteiger charge is 1.97. The van der Waals surface area contributed by atoms with Crippen LogP contribution in [0.1, 0.15) is 12.0 Å². The maximum Gasteiger partial charge on any atom is 0.220 e. The van der Waals surface area contributed by atoms with Crippen LogP contribution in [0.4, 0.5) is 0 Å². The van der Waals surface area contributed by atoms with E-state index in [1.54, 1.807) is 13.3 Å². The van der Waals surface area contributed by atoms with Gasteiger partial charge in [0, 0.05) is 23.2 Å². The van der Waals surface area contributed by atoms with E-state index in [-0.39, 0.29) is 0 Å². The summed E-state index contributed by atoms with van der Waals surface area (Å²) in [7, 11) is 1.58. The lowest BCUT2D eigenvalue weighted by Gasteiger charge is -2.01. The van der Waals surface area contributed by atoms with Crippen LogP contribution in [0.3, 0.4) is 0 Å². The molecule has 0 spiro atoms. The first-order valence-corrected chi connectivity index (χ1v) is 4.55. The molecule has 0 aliphatic carbocycles. The van der Waals surface area contributed by atoms with E-state index in [4.69, 9.17) is 10.3 Å². The molecule has 0 atom stereocenters. The topological polar surface area (TPSA) is 70.9 Å². The largest absolute Gasteiger partial charge is 0.481 e. The molecule has 0 unspecified atom stereocenters. The summed E-state index contributed by atoms with van der Waals surface area (Å²) in [5.41, 5.74) is 8.99. The Balaban J connectivity index is 2.59. The number of azide groups is 1. The quantitative estimate of drug-likeness (QED) is 0.320. The zero-order valence-corrected chi connectivity index (χ0v) is 8.50. The van der Waals surface area contributed by atoms with Crippen molar-refractivity contribution in [1.82, 2.24) is 4.98 Å². The Kier molecular flexibility index (Phi) is 4.77. The molecule has 0 saturated heterocycles. The predicted octanol–water partition coefficient (Wildman–Crippen LogP) is 2.80. The maximum absolute atomic E-state index is 8.07. The molecule has 0 aliphatic heterocycles. The summed E-state index contributed by atoms with van der Waals surface area (Å²) < 4.78 is 5.08. The van der Waals surface area contributed by atoms with Gasteiger partial charge in [0.2, 0.25) is 5.88 Å². The summed E-state index contributed by atoms with van der Waals surface area (Å²) in [6.45, 7) is 0.468. The fourth-order valence-corrected chi connectivity index (χ4v) is 1.09. The minimum Gasteiger partial charge on any atom is -0.481 e. The lowest BCUT2D eigenvalue weighted by atomic mass is 10.2. The number of pyridine rings is 1. The molecule has 0 bridgehead atoms. The van der Waals surface area contributed by atoms with Gasteiger partial charge in [-0.05, 0) is 24.1 Å². The number of methoxy groups -OCH3 is 1. The van der Waals surface area contributed by atoms with E-state index in [1.165, 1.54) is 0 Å². The Morgan fingerprint density at radius 3 is 3.27 bits per heavy atom. The van der Waals surface area contributed by atoms with E-state index in [9.17, 15) is 0 Å². The molecule has 1 aromatic heterocycles. The smallest absolute Gasteiger partial charge is 0.220 e. The third-order valence-corrected chi connectivity index (χ3v) is 1.75. The average molecular weight is 204 g/mol. The van der Waals surface area contributed by atoms with Gasteiger partial charge in [0.25, 0.3) is 0 Å². The van der Waals surface area contributed by atoms with Crippen LogP contribution in [0.15, 0.2) is 29.5 Å². The number of nitrogens with zero attached hydrogens (tertiary/aromatic N) is 4. The minimum atomic E-state index is 0.468. The van der Waals surface area contributed by atoms with Crippen LogP contribution in [0.2, 0.25) is 0 Å². The molecule has 5 nitrogen and oxygen atoms in total. The predicted molar refractivity (Wildman–Crippen MR) is 58.5 cm³/mol. The Labute approximate surface area is 88.0 Å². The van der Waals surface area contributed by atoms with Crippen LogP contribution in [0, 0.1) is 0 Å². The van der Waals surface area contributed by atoms with Crippen molar-refractivity contribution in [2.24, 2.45) is 5.11 Å². The van der Waals surface area contributed by atoms with Crippen molar-refractivity contribution >= 4 is 6.08 Å². The molecular formula is C10H12N4O. The van der Waals surface area contributed by atoms with Gasteiger partial charge in [-0.3, -0.25) is 0 Å². The molecule has 0 amide bonds. The molecule has 78 valence electrons. The molecule has 0 saturated carbocycles. The van der Waals surface area contributed by atoms with Gasteiger partial charge in [-0.1, -0.05) is 17.3 Å². The first kappa shape index (κ1) is 11.1. The van der Waals surface area contributed by atoms with Gasteiger partial charge >= 0.3 is 0 Å². The molecule has 0 fully saturated rings. The van der Waals surface area contributed by atoms with E-state index in [1.807, 2.05) is 24.3 Å². The number of ether oxygens (including phenoxy) is 1. The van der Waals surface area contributed by atoms with Gasteiger partial charge in [0.15, 0.2) is 0 Å². The van der Waals surface area contributed by atoms with Crippen molar-refractivity contribution in [2.75, 3.05) is 13.7 Å². The van der Waals surface area contributed by atoms with Crippen molar-refractivity contribution < 1.29 is 4.74 Å². The van der Waals surface area contributed by atoms with Crippen LogP contribution in [-0.2, 0) is 0 Å². The first-order valence-electron chi connectivity index (χ1n) is 4.55. The SMILES string of the molecule is COc1ncccc1C=CCCN=[N+]=[N-]. The third kappa shape index (κ3) is 3.70. The van der Waals surface area contributed by atoms with Gasteiger partial charge in [-0.2, -0.15) is 0 Å². The van der Waals surface area contributed by atoms with Crippen LogP contribution in [-0.4, -0.2) is 18.6 Å². The Morgan fingerprint density at radius 2 is 2.53 bits per heavy atom. The van der Waals surface area contributed by atoms with E-state index < -0.39 is 0 Å². The summed E-state index contributed by atoms with van der Waals surface area (Å²) in [6, 6.07) is 3.76. The summed E-state index contributed by atoms with van der Waals surface area (Å²) >= 11 is 0. The molecule has 5 heteroatoms. The van der Waals surface area contributed by atoms with E-state index in [2.05, 4.69) is 15.0 Å². The molecule has 0 N–H and O–H groups in total. The van der Waals surface area contributed by atoms with Crippen LogP contribution in [0.25, 0.3) is 16.5 Å². The van der Waals surface area contributed by atoms with Gasteiger partial charge in [0.1, 0.15) is 0 Å². The lowest BCUT2D eigenvalue weighted by molar-refractivity contribution is 0.397. The molecule has 0 aliphatic rings. The lowest BCUT2D eigenvalue weighted by Crippen LogP contribution is -1.89. The fraction of sp³-hybridized carbons (Fsp3) is 0.300. The summed E-state index contributed by atoms with van der Waals surface area (Å²) in [5, 5.41) is 3.43. The molecule has 1 heterocycles. The Bertz CT molecular complexity index is 383. The molecule has 1 aromatic rings. The Morgan fingerprint density at radius 1 is 1.67 bits per heavy atom. The van der Waals surface area contributed by atoms with Crippen LogP contribution in [0.5, 0.6) is 5.88 Å².